The van der Waals surface area contributed by atoms with Crippen LogP contribution in [0.1, 0.15) is 30.9 Å². The largest absolute Gasteiger partial charge is 0.396 e. The maximum Gasteiger partial charge on any atom is 0.249 e. The van der Waals surface area contributed by atoms with Crippen molar-refractivity contribution in [2.75, 3.05) is 6.61 Å². The molecule has 4 rings (SSSR count). The predicted octanol–water partition coefficient (Wildman–Crippen LogP) is 2.09. The summed E-state index contributed by atoms with van der Waals surface area (Å²) < 4.78 is 1.95. The van der Waals surface area contributed by atoms with Crippen LogP contribution in [0.5, 0.6) is 0 Å². The van der Waals surface area contributed by atoms with E-state index in [0.29, 0.717) is 12.8 Å². The Morgan fingerprint density at radius 2 is 2.12 bits per heavy atom. The van der Waals surface area contributed by atoms with E-state index in [-0.39, 0.29) is 18.4 Å². The van der Waals surface area contributed by atoms with Gasteiger partial charge in [-0.25, -0.2) is 4.98 Å². The number of aliphatic hydroxyl groups excluding tert-OH is 1. The summed E-state index contributed by atoms with van der Waals surface area (Å²) >= 11 is 0. The first-order chi connectivity index (χ1) is 12.2. The number of aliphatic hydroxyl groups is 1. The van der Waals surface area contributed by atoms with E-state index in [1.54, 1.807) is 6.20 Å². The summed E-state index contributed by atoms with van der Waals surface area (Å²) in [5.41, 5.74) is 2.84. The molecule has 128 valence electrons. The normalized spacial score (nSPS) is 18.0. The molecule has 1 fully saturated rings. The third-order valence-corrected chi connectivity index (χ3v) is 4.77. The molecule has 1 unspecified atom stereocenters. The van der Waals surface area contributed by atoms with Gasteiger partial charge in [0.05, 0.1) is 5.52 Å². The molecule has 1 saturated heterocycles. The van der Waals surface area contributed by atoms with Crippen molar-refractivity contribution in [1.29, 1.82) is 0 Å². The maximum atomic E-state index is 12.4. The summed E-state index contributed by atoms with van der Waals surface area (Å²) in [5.74, 6) is -0.494. The number of carbonyl (C=O) groups excluding carboxylic acids is 2. The minimum absolute atomic E-state index is 0.164. The summed E-state index contributed by atoms with van der Waals surface area (Å²) in [4.78, 5) is 28.4. The van der Waals surface area contributed by atoms with E-state index in [2.05, 4.69) is 16.4 Å². The third kappa shape index (κ3) is 2.68. The zero-order chi connectivity index (χ0) is 17.4. The molecule has 0 aliphatic carbocycles. The molecular formula is C19H19N3O3. The molecular weight excluding hydrogens is 318 g/mol. The summed E-state index contributed by atoms with van der Waals surface area (Å²) in [5, 5.41) is 13.5. The van der Waals surface area contributed by atoms with E-state index in [9.17, 15) is 9.59 Å². The van der Waals surface area contributed by atoms with E-state index >= 15 is 0 Å². The fourth-order valence-corrected chi connectivity index (χ4v) is 3.60. The maximum absolute atomic E-state index is 12.4. The first kappa shape index (κ1) is 15.8. The highest BCUT2D eigenvalue weighted by Gasteiger charge is 2.30. The standard InChI is InChI=1S/C19H19N3O3/c23-10-2-3-12-5-6-15-14(11-12)13-4-1-9-20-18(13)22(15)16-7-8-17(24)21-19(16)25/h1,4-6,9,11,16,23H,2-3,7-8,10H2,(H,21,24,25). The lowest BCUT2D eigenvalue weighted by atomic mass is 10.0. The van der Waals surface area contributed by atoms with Gasteiger partial charge >= 0.3 is 0 Å². The predicted molar refractivity (Wildman–Crippen MR) is 94.1 cm³/mol. The summed E-state index contributed by atoms with van der Waals surface area (Å²) in [6.45, 7) is 0.164. The van der Waals surface area contributed by atoms with Gasteiger partial charge in [-0.1, -0.05) is 6.07 Å². The van der Waals surface area contributed by atoms with Crippen molar-refractivity contribution in [1.82, 2.24) is 14.9 Å². The van der Waals surface area contributed by atoms with E-state index < -0.39 is 6.04 Å². The molecule has 1 atom stereocenters. The number of nitrogens with zero attached hydrogens (tertiary/aromatic N) is 2. The van der Waals surface area contributed by atoms with Gasteiger partial charge in [-0.15, -0.1) is 0 Å². The number of nitrogens with one attached hydrogen (secondary N) is 1. The van der Waals surface area contributed by atoms with E-state index in [4.69, 9.17) is 5.11 Å². The van der Waals surface area contributed by atoms with Gasteiger partial charge in [0, 0.05) is 30.0 Å². The van der Waals surface area contributed by atoms with Crippen molar-refractivity contribution in [3.05, 3.63) is 42.1 Å². The highest BCUT2D eigenvalue weighted by molar-refractivity contribution is 6.09. The molecule has 2 N–H and O–H groups in total. The Kier molecular flexibility index (Phi) is 3.97. The second kappa shape index (κ2) is 6.29. The lowest BCUT2D eigenvalue weighted by molar-refractivity contribution is -0.135. The van der Waals surface area contributed by atoms with Crippen molar-refractivity contribution < 1.29 is 14.7 Å². The zero-order valence-electron chi connectivity index (χ0n) is 13.7. The number of carbonyl (C=O) groups is 2. The smallest absolute Gasteiger partial charge is 0.249 e. The Morgan fingerprint density at radius 1 is 1.24 bits per heavy atom. The summed E-state index contributed by atoms with van der Waals surface area (Å²) in [6.07, 6.45) is 4.05. The Labute approximate surface area is 144 Å². The fraction of sp³-hybridized carbons (Fsp3) is 0.316. The van der Waals surface area contributed by atoms with Crippen LogP contribution in [0.3, 0.4) is 0 Å². The topological polar surface area (TPSA) is 84.2 Å². The minimum atomic E-state index is -0.434. The summed E-state index contributed by atoms with van der Waals surface area (Å²) in [6, 6.07) is 9.60. The molecule has 0 radical (unpaired) electrons. The summed E-state index contributed by atoms with van der Waals surface area (Å²) in [7, 11) is 0. The average molecular weight is 337 g/mol. The number of piperidine rings is 1. The van der Waals surface area contributed by atoms with Crippen LogP contribution < -0.4 is 5.32 Å². The van der Waals surface area contributed by atoms with Gasteiger partial charge in [-0.2, -0.15) is 0 Å². The van der Waals surface area contributed by atoms with Crippen molar-refractivity contribution in [3.8, 4) is 0 Å². The van der Waals surface area contributed by atoms with Crippen LogP contribution in [-0.2, 0) is 16.0 Å². The van der Waals surface area contributed by atoms with Crippen LogP contribution in [0, 0.1) is 0 Å². The second-order valence-corrected chi connectivity index (χ2v) is 6.39. The molecule has 1 aliphatic heterocycles. The van der Waals surface area contributed by atoms with E-state index in [1.165, 1.54) is 0 Å². The first-order valence-corrected chi connectivity index (χ1v) is 8.51. The molecule has 0 spiro atoms. The van der Waals surface area contributed by atoms with Gasteiger partial charge in [-0.05, 0) is 49.1 Å². The van der Waals surface area contributed by atoms with Crippen molar-refractivity contribution >= 4 is 33.8 Å². The number of fused-ring (bicyclic) bond motifs is 3. The van der Waals surface area contributed by atoms with Gasteiger partial charge in [0.2, 0.25) is 11.8 Å². The zero-order valence-corrected chi connectivity index (χ0v) is 13.7. The monoisotopic (exact) mass is 337 g/mol. The van der Waals surface area contributed by atoms with Gasteiger partial charge in [0.1, 0.15) is 11.7 Å². The molecule has 3 heterocycles. The van der Waals surface area contributed by atoms with Crippen molar-refractivity contribution in [2.45, 2.75) is 31.7 Å². The quantitative estimate of drug-likeness (QED) is 0.714. The Hall–Kier alpha value is -2.73. The Morgan fingerprint density at radius 3 is 2.92 bits per heavy atom. The first-order valence-electron chi connectivity index (χ1n) is 8.51. The number of aryl methyl sites for hydroxylation is 1. The number of amides is 2. The molecule has 2 aromatic heterocycles. The average Bonchev–Trinajstić information content (AvgIpc) is 2.94. The van der Waals surface area contributed by atoms with E-state index in [1.807, 2.05) is 28.8 Å². The highest BCUT2D eigenvalue weighted by Crippen LogP contribution is 2.34. The van der Waals surface area contributed by atoms with Crippen LogP contribution in [0.2, 0.25) is 0 Å². The van der Waals surface area contributed by atoms with Gasteiger partial charge in [-0.3, -0.25) is 14.9 Å². The number of imide groups is 1. The molecule has 1 aliphatic rings. The van der Waals surface area contributed by atoms with Crippen molar-refractivity contribution in [2.24, 2.45) is 0 Å². The van der Waals surface area contributed by atoms with Crippen LogP contribution in [-0.4, -0.2) is 33.1 Å². The molecule has 0 saturated carbocycles. The van der Waals surface area contributed by atoms with E-state index in [0.717, 1.165) is 40.3 Å². The van der Waals surface area contributed by atoms with Crippen LogP contribution in [0.4, 0.5) is 0 Å². The minimum Gasteiger partial charge on any atom is -0.396 e. The van der Waals surface area contributed by atoms with Gasteiger partial charge < -0.3 is 9.67 Å². The number of benzene rings is 1. The Bertz CT molecular complexity index is 977. The second-order valence-electron chi connectivity index (χ2n) is 6.39. The third-order valence-electron chi connectivity index (χ3n) is 4.77. The molecule has 6 heteroatoms. The van der Waals surface area contributed by atoms with Gasteiger partial charge in [0.15, 0.2) is 0 Å². The molecule has 0 bridgehead atoms. The van der Waals surface area contributed by atoms with Crippen LogP contribution >= 0.6 is 0 Å². The van der Waals surface area contributed by atoms with Crippen molar-refractivity contribution in [3.63, 3.8) is 0 Å². The fourth-order valence-electron chi connectivity index (χ4n) is 3.60. The van der Waals surface area contributed by atoms with Crippen LogP contribution in [0.25, 0.3) is 21.9 Å². The number of hydrogen-bond acceptors (Lipinski definition) is 4. The number of aromatic nitrogens is 2. The lowest BCUT2D eigenvalue weighted by Gasteiger charge is -2.23. The highest BCUT2D eigenvalue weighted by atomic mass is 16.3. The molecule has 2 amide bonds. The van der Waals surface area contributed by atoms with Crippen LogP contribution in [0.15, 0.2) is 36.5 Å². The van der Waals surface area contributed by atoms with Gasteiger partial charge in [0.25, 0.3) is 0 Å². The SMILES string of the molecule is O=C1CCC(n2c3ccc(CCCO)cc3c3cccnc32)C(=O)N1. The molecule has 6 nitrogen and oxygen atoms in total. The number of hydrogen-bond donors (Lipinski definition) is 2. The molecule has 3 aromatic rings. The lowest BCUT2D eigenvalue weighted by Crippen LogP contribution is -2.41. The number of rotatable bonds is 4. The number of pyridine rings is 1. The molecule has 1 aromatic carbocycles. The Balaban J connectivity index is 1.90. The molecule has 25 heavy (non-hydrogen) atoms.